The number of aryl methyl sites for hydroxylation is 2. The highest BCUT2D eigenvalue weighted by Gasteiger charge is 2.26. The van der Waals surface area contributed by atoms with Crippen LogP contribution in [0.5, 0.6) is 0 Å². The Labute approximate surface area is 178 Å². The fourth-order valence-electron chi connectivity index (χ4n) is 4.20. The largest absolute Gasteiger partial charge is 0.342 e. The summed E-state index contributed by atoms with van der Waals surface area (Å²) < 4.78 is 15.5. The van der Waals surface area contributed by atoms with Gasteiger partial charge in [-0.1, -0.05) is 12.1 Å². The molecule has 3 heterocycles. The van der Waals surface area contributed by atoms with Crippen molar-refractivity contribution in [2.45, 2.75) is 31.6 Å². The standard InChI is InChI=1S/C23H25FN4O3/c1-26-21-18(22(30)27(2)23(26)31)10-11-19(25-21)16-4-3-13-28(14-16)20(29)12-7-15-5-8-17(24)9-6-15/h5-6,8-11,16H,3-4,7,12-14H2,1-2H3/t16-/m0/s1. The van der Waals surface area contributed by atoms with Crippen molar-refractivity contribution in [2.75, 3.05) is 13.1 Å². The van der Waals surface area contributed by atoms with Gasteiger partial charge in [0, 0.05) is 45.2 Å². The lowest BCUT2D eigenvalue weighted by atomic mass is 9.93. The number of aromatic nitrogens is 3. The highest BCUT2D eigenvalue weighted by Crippen LogP contribution is 2.27. The van der Waals surface area contributed by atoms with Gasteiger partial charge in [-0.3, -0.25) is 18.7 Å². The zero-order valence-corrected chi connectivity index (χ0v) is 17.7. The molecule has 0 aliphatic carbocycles. The van der Waals surface area contributed by atoms with E-state index in [0.717, 1.165) is 28.7 Å². The lowest BCUT2D eigenvalue weighted by molar-refractivity contribution is -0.132. The van der Waals surface area contributed by atoms with Crippen molar-refractivity contribution in [3.8, 4) is 0 Å². The number of halogens is 1. The quantitative estimate of drug-likeness (QED) is 0.643. The van der Waals surface area contributed by atoms with Gasteiger partial charge in [0.15, 0.2) is 0 Å². The summed E-state index contributed by atoms with van der Waals surface area (Å²) in [7, 11) is 3.06. The van der Waals surface area contributed by atoms with Gasteiger partial charge in [0.2, 0.25) is 5.91 Å². The van der Waals surface area contributed by atoms with Crippen molar-refractivity contribution in [1.82, 2.24) is 19.0 Å². The van der Waals surface area contributed by atoms with E-state index >= 15 is 0 Å². The average Bonchev–Trinajstić information content (AvgIpc) is 2.80. The molecule has 1 fully saturated rings. The van der Waals surface area contributed by atoms with Crippen LogP contribution in [0.4, 0.5) is 4.39 Å². The molecular formula is C23H25FN4O3. The third-order valence-corrected chi connectivity index (χ3v) is 6.06. The number of hydrogen-bond acceptors (Lipinski definition) is 4. The molecule has 1 amide bonds. The lowest BCUT2D eigenvalue weighted by Crippen LogP contribution is -2.40. The second-order valence-electron chi connectivity index (χ2n) is 8.12. The normalized spacial score (nSPS) is 16.6. The van der Waals surface area contributed by atoms with Crippen LogP contribution in [0.15, 0.2) is 46.0 Å². The Balaban J connectivity index is 1.51. The molecule has 2 aromatic heterocycles. The van der Waals surface area contributed by atoms with Crippen LogP contribution in [0.1, 0.15) is 36.4 Å². The number of nitrogens with zero attached hydrogens (tertiary/aromatic N) is 4. The van der Waals surface area contributed by atoms with E-state index in [9.17, 15) is 18.8 Å². The second-order valence-corrected chi connectivity index (χ2v) is 8.12. The van der Waals surface area contributed by atoms with Gasteiger partial charge in [0.05, 0.1) is 5.39 Å². The summed E-state index contributed by atoms with van der Waals surface area (Å²) in [5.74, 6) is -0.171. The van der Waals surface area contributed by atoms with E-state index in [2.05, 4.69) is 4.98 Å². The highest BCUT2D eigenvalue weighted by molar-refractivity contribution is 5.77. The molecule has 0 bridgehead atoms. The van der Waals surface area contributed by atoms with E-state index in [4.69, 9.17) is 0 Å². The van der Waals surface area contributed by atoms with Crippen LogP contribution in [-0.4, -0.2) is 38.0 Å². The summed E-state index contributed by atoms with van der Waals surface area (Å²) in [6, 6.07) is 9.76. The Kier molecular flexibility index (Phi) is 5.71. The van der Waals surface area contributed by atoms with Crippen LogP contribution in [-0.2, 0) is 25.3 Å². The minimum atomic E-state index is -0.414. The van der Waals surface area contributed by atoms with E-state index in [1.54, 1.807) is 25.2 Å². The first-order chi connectivity index (χ1) is 14.8. The van der Waals surface area contributed by atoms with Gasteiger partial charge in [0.25, 0.3) is 5.56 Å². The number of fused-ring (bicyclic) bond motifs is 1. The van der Waals surface area contributed by atoms with Crippen LogP contribution >= 0.6 is 0 Å². The molecule has 7 nitrogen and oxygen atoms in total. The molecule has 1 saturated heterocycles. The number of rotatable bonds is 4. The van der Waals surface area contributed by atoms with Gasteiger partial charge in [-0.2, -0.15) is 0 Å². The van der Waals surface area contributed by atoms with Crippen molar-refractivity contribution in [2.24, 2.45) is 14.1 Å². The molecule has 1 aliphatic heterocycles. The molecule has 162 valence electrons. The molecule has 0 spiro atoms. The Morgan fingerprint density at radius 2 is 1.84 bits per heavy atom. The average molecular weight is 424 g/mol. The molecule has 1 aromatic carbocycles. The monoisotopic (exact) mass is 424 g/mol. The van der Waals surface area contributed by atoms with Crippen molar-refractivity contribution in [3.05, 3.63) is 74.3 Å². The zero-order valence-electron chi connectivity index (χ0n) is 17.7. The number of amides is 1. The minimum Gasteiger partial charge on any atom is -0.342 e. The summed E-state index contributed by atoms with van der Waals surface area (Å²) in [5.41, 5.74) is 1.31. The van der Waals surface area contributed by atoms with E-state index in [0.29, 0.717) is 37.0 Å². The third kappa shape index (κ3) is 4.15. The predicted octanol–water partition coefficient (Wildman–Crippen LogP) is 2.11. The third-order valence-electron chi connectivity index (χ3n) is 6.06. The summed E-state index contributed by atoms with van der Waals surface area (Å²) in [6.07, 6.45) is 2.69. The topological polar surface area (TPSA) is 77.2 Å². The summed E-state index contributed by atoms with van der Waals surface area (Å²) in [4.78, 5) is 43.9. The number of hydrogen-bond donors (Lipinski definition) is 0. The van der Waals surface area contributed by atoms with Crippen LogP contribution in [0.2, 0.25) is 0 Å². The van der Waals surface area contributed by atoms with E-state index in [1.807, 2.05) is 11.0 Å². The maximum atomic E-state index is 13.0. The van der Waals surface area contributed by atoms with Crippen LogP contribution in [0, 0.1) is 5.82 Å². The Hall–Kier alpha value is -3.29. The maximum Gasteiger partial charge on any atom is 0.332 e. The number of carbonyl (C=O) groups excluding carboxylic acids is 1. The maximum absolute atomic E-state index is 13.0. The Morgan fingerprint density at radius 3 is 2.58 bits per heavy atom. The van der Waals surface area contributed by atoms with Crippen LogP contribution < -0.4 is 11.2 Å². The molecule has 1 aliphatic rings. The van der Waals surface area contributed by atoms with Crippen molar-refractivity contribution < 1.29 is 9.18 Å². The van der Waals surface area contributed by atoms with Crippen molar-refractivity contribution in [3.63, 3.8) is 0 Å². The summed E-state index contributed by atoms with van der Waals surface area (Å²) in [5, 5.41) is 0.399. The first-order valence-electron chi connectivity index (χ1n) is 10.4. The molecule has 8 heteroatoms. The number of likely N-dealkylation sites (tertiary alicyclic amines) is 1. The fourth-order valence-corrected chi connectivity index (χ4v) is 4.20. The van der Waals surface area contributed by atoms with Crippen molar-refractivity contribution >= 4 is 16.9 Å². The van der Waals surface area contributed by atoms with Crippen LogP contribution in [0.25, 0.3) is 11.0 Å². The van der Waals surface area contributed by atoms with Gasteiger partial charge in [0.1, 0.15) is 11.5 Å². The van der Waals surface area contributed by atoms with Gasteiger partial charge < -0.3 is 4.90 Å². The zero-order chi connectivity index (χ0) is 22.1. The summed E-state index contributed by atoms with van der Waals surface area (Å²) in [6.45, 7) is 1.25. The molecule has 1 atom stereocenters. The number of carbonyl (C=O) groups is 1. The lowest BCUT2D eigenvalue weighted by Gasteiger charge is -2.32. The number of benzene rings is 1. The SMILES string of the molecule is Cn1c(=O)c2ccc([C@H]3CCCN(C(=O)CCc4ccc(F)cc4)C3)nc2n(C)c1=O. The minimum absolute atomic E-state index is 0.0482. The molecule has 0 saturated carbocycles. The molecule has 3 aromatic rings. The van der Waals surface area contributed by atoms with E-state index < -0.39 is 5.69 Å². The molecular weight excluding hydrogens is 399 g/mol. The van der Waals surface area contributed by atoms with Gasteiger partial charge in [-0.15, -0.1) is 0 Å². The van der Waals surface area contributed by atoms with Gasteiger partial charge in [-0.25, -0.2) is 14.2 Å². The van der Waals surface area contributed by atoms with Crippen LogP contribution in [0.3, 0.4) is 0 Å². The molecule has 4 rings (SSSR count). The smallest absolute Gasteiger partial charge is 0.332 e. The van der Waals surface area contributed by atoms with Gasteiger partial charge in [-0.05, 0) is 49.1 Å². The molecule has 0 N–H and O–H groups in total. The van der Waals surface area contributed by atoms with Gasteiger partial charge >= 0.3 is 5.69 Å². The number of pyridine rings is 1. The fraction of sp³-hybridized carbons (Fsp3) is 0.391. The molecule has 0 unspecified atom stereocenters. The Morgan fingerprint density at radius 1 is 1.10 bits per heavy atom. The first-order valence-corrected chi connectivity index (χ1v) is 10.4. The first kappa shape index (κ1) is 21.0. The second kappa shape index (κ2) is 8.45. The van der Waals surface area contributed by atoms with Crippen molar-refractivity contribution in [1.29, 1.82) is 0 Å². The molecule has 31 heavy (non-hydrogen) atoms. The van der Waals surface area contributed by atoms with E-state index in [-0.39, 0.29) is 23.2 Å². The highest BCUT2D eigenvalue weighted by atomic mass is 19.1. The summed E-state index contributed by atoms with van der Waals surface area (Å²) >= 11 is 0. The predicted molar refractivity (Wildman–Crippen MR) is 116 cm³/mol. The molecule has 0 radical (unpaired) electrons. The number of piperidine rings is 1. The Bertz CT molecular complexity index is 1250. The van der Waals surface area contributed by atoms with E-state index in [1.165, 1.54) is 23.7 Å².